The minimum atomic E-state index is -0.530. The number of rotatable bonds is 7. The van der Waals surface area contributed by atoms with E-state index in [0.717, 1.165) is 16.0 Å². The standard InChI is InChI=1S/C29H27ClN2O4/c1-29(2,3)22-11-7-8-12-23(22)36-28(35)20-13-15-21(16-14-20)31-25-24(30)26(33)32(27(25)34)18-17-19-9-5-4-6-10-19/h4-16,31H,17-18H2,1-3H3. The highest BCUT2D eigenvalue weighted by Gasteiger charge is 2.37. The van der Waals surface area contributed by atoms with Gasteiger partial charge in [0.2, 0.25) is 0 Å². The maximum absolute atomic E-state index is 12.9. The zero-order chi connectivity index (χ0) is 25.9. The number of carbonyl (C=O) groups is 3. The van der Waals surface area contributed by atoms with Gasteiger partial charge in [-0.1, -0.05) is 80.9 Å². The van der Waals surface area contributed by atoms with Gasteiger partial charge in [0.15, 0.2) is 0 Å². The highest BCUT2D eigenvalue weighted by atomic mass is 35.5. The fraction of sp³-hybridized carbons (Fsp3) is 0.207. The third kappa shape index (κ3) is 5.50. The van der Waals surface area contributed by atoms with Crippen molar-refractivity contribution in [2.75, 3.05) is 11.9 Å². The van der Waals surface area contributed by atoms with Crippen LogP contribution >= 0.6 is 11.6 Å². The first-order valence-electron chi connectivity index (χ1n) is 11.6. The molecule has 0 unspecified atom stereocenters. The number of esters is 1. The van der Waals surface area contributed by atoms with Crippen molar-refractivity contribution in [3.8, 4) is 5.75 Å². The number of nitrogens with one attached hydrogen (secondary N) is 1. The summed E-state index contributed by atoms with van der Waals surface area (Å²) in [5.41, 5.74) is 2.65. The third-order valence-electron chi connectivity index (χ3n) is 5.87. The summed E-state index contributed by atoms with van der Waals surface area (Å²) in [5, 5.41) is 2.77. The minimum Gasteiger partial charge on any atom is -0.423 e. The van der Waals surface area contributed by atoms with Gasteiger partial charge in [-0.3, -0.25) is 14.5 Å². The Morgan fingerprint density at radius 2 is 1.53 bits per heavy atom. The smallest absolute Gasteiger partial charge is 0.343 e. The average molecular weight is 503 g/mol. The van der Waals surface area contributed by atoms with E-state index in [1.807, 2.05) is 48.5 Å². The number of hydrogen-bond acceptors (Lipinski definition) is 5. The summed E-state index contributed by atoms with van der Waals surface area (Å²) in [5.74, 6) is -0.990. The van der Waals surface area contributed by atoms with Crippen LogP contribution in [0, 0.1) is 0 Å². The largest absolute Gasteiger partial charge is 0.423 e. The van der Waals surface area contributed by atoms with E-state index in [2.05, 4.69) is 26.1 Å². The summed E-state index contributed by atoms with van der Waals surface area (Å²) in [4.78, 5) is 39.3. The molecule has 0 spiro atoms. The van der Waals surface area contributed by atoms with Crippen LogP contribution < -0.4 is 10.1 Å². The number of para-hydroxylation sites is 1. The first-order valence-corrected chi connectivity index (χ1v) is 12.0. The van der Waals surface area contributed by atoms with Crippen molar-refractivity contribution < 1.29 is 19.1 Å². The number of benzene rings is 3. The molecular formula is C29H27ClN2O4. The molecule has 0 radical (unpaired) electrons. The van der Waals surface area contributed by atoms with Crippen molar-refractivity contribution in [3.05, 3.63) is 106 Å². The first kappa shape index (κ1) is 25.2. The lowest BCUT2D eigenvalue weighted by Crippen LogP contribution is -2.34. The molecule has 0 saturated carbocycles. The summed E-state index contributed by atoms with van der Waals surface area (Å²) >= 11 is 6.20. The molecular weight excluding hydrogens is 476 g/mol. The van der Waals surface area contributed by atoms with Crippen LogP contribution in [0.4, 0.5) is 5.69 Å². The van der Waals surface area contributed by atoms with Crippen LogP contribution in [0.2, 0.25) is 0 Å². The Kier molecular flexibility index (Phi) is 7.27. The van der Waals surface area contributed by atoms with E-state index < -0.39 is 17.8 Å². The van der Waals surface area contributed by atoms with Gasteiger partial charge in [0.25, 0.3) is 11.8 Å². The summed E-state index contributed by atoms with van der Waals surface area (Å²) in [7, 11) is 0. The first-order chi connectivity index (χ1) is 17.1. The Morgan fingerprint density at radius 3 is 2.19 bits per heavy atom. The van der Waals surface area contributed by atoms with Crippen LogP contribution in [0.15, 0.2) is 89.6 Å². The molecule has 0 fully saturated rings. The average Bonchev–Trinajstić information content (AvgIpc) is 3.06. The molecule has 184 valence electrons. The van der Waals surface area contributed by atoms with E-state index in [1.54, 1.807) is 30.3 Å². The SMILES string of the molecule is CC(C)(C)c1ccccc1OC(=O)c1ccc(NC2=C(Cl)C(=O)N(CCc3ccccc3)C2=O)cc1. The predicted molar refractivity (Wildman–Crippen MR) is 140 cm³/mol. The molecule has 1 aliphatic rings. The summed E-state index contributed by atoms with van der Waals surface area (Å²) in [6, 6.07) is 23.5. The van der Waals surface area contributed by atoms with Crippen LogP contribution in [0.5, 0.6) is 5.75 Å². The van der Waals surface area contributed by atoms with Gasteiger partial charge in [0.1, 0.15) is 16.5 Å². The van der Waals surface area contributed by atoms with E-state index in [0.29, 0.717) is 23.4 Å². The molecule has 0 bridgehead atoms. The Balaban J connectivity index is 1.42. The predicted octanol–water partition coefficient (Wildman–Crippen LogP) is 5.68. The Hall–Kier alpha value is -3.90. The highest BCUT2D eigenvalue weighted by Crippen LogP contribution is 2.31. The van der Waals surface area contributed by atoms with Crippen molar-refractivity contribution in [3.63, 3.8) is 0 Å². The monoisotopic (exact) mass is 502 g/mol. The van der Waals surface area contributed by atoms with Crippen LogP contribution in [0.25, 0.3) is 0 Å². The molecule has 3 aromatic rings. The molecule has 0 saturated heterocycles. The molecule has 0 atom stereocenters. The van der Waals surface area contributed by atoms with Gasteiger partial charge < -0.3 is 10.1 Å². The fourth-order valence-electron chi connectivity index (χ4n) is 3.91. The molecule has 6 nitrogen and oxygen atoms in total. The number of hydrogen-bond donors (Lipinski definition) is 1. The summed E-state index contributed by atoms with van der Waals surface area (Å²) in [6.45, 7) is 6.39. The molecule has 3 aromatic carbocycles. The molecule has 36 heavy (non-hydrogen) atoms. The fourth-order valence-corrected chi connectivity index (χ4v) is 4.14. The number of anilines is 1. The lowest BCUT2D eigenvalue weighted by molar-refractivity contribution is -0.137. The van der Waals surface area contributed by atoms with Crippen molar-refractivity contribution in [2.45, 2.75) is 32.6 Å². The quantitative estimate of drug-likeness (QED) is 0.255. The van der Waals surface area contributed by atoms with Gasteiger partial charge in [0.05, 0.1) is 5.56 Å². The Morgan fingerprint density at radius 1 is 0.889 bits per heavy atom. The van der Waals surface area contributed by atoms with Crippen molar-refractivity contribution in [2.24, 2.45) is 0 Å². The second-order valence-electron chi connectivity index (χ2n) is 9.52. The van der Waals surface area contributed by atoms with Crippen molar-refractivity contribution in [1.29, 1.82) is 0 Å². The lowest BCUT2D eigenvalue weighted by Gasteiger charge is -2.22. The van der Waals surface area contributed by atoms with Crippen molar-refractivity contribution in [1.82, 2.24) is 4.90 Å². The molecule has 0 aromatic heterocycles. The molecule has 1 N–H and O–H groups in total. The number of halogens is 1. The molecule has 1 aliphatic heterocycles. The topological polar surface area (TPSA) is 75.7 Å². The molecule has 0 aliphatic carbocycles. The third-order valence-corrected chi connectivity index (χ3v) is 6.22. The minimum absolute atomic E-state index is 0.0177. The van der Waals surface area contributed by atoms with Crippen molar-refractivity contribution >= 4 is 35.1 Å². The van der Waals surface area contributed by atoms with Crippen LogP contribution in [0.3, 0.4) is 0 Å². The molecule has 2 amide bonds. The summed E-state index contributed by atoms with van der Waals surface area (Å²) in [6.07, 6.45) is 0.533. The van der Waals surface area contributed by atoms with Gasteiger partial charge in [-0.05, 0) is 47.7 Å². The van der Waals surface area contributed by atoms with Gasteiger partial charge in [-0.25, -0.2) is 4.79 Å². The van der Waals surface area contributed by atoms with Crippen LogP contribution in [0.1, 0.15) is 42.3 Å². The number of ether oxygens (including phenoxy) is 1. The Bertz CT molecular complexity index is 1330. The maximum atomic E-state index is 12.9. The van der Waals surface area contributed by atoms with E-state index in [-0.39, 0.29) is 22.7 Å². The second-order valence-corrected chi connectivity index (χ2v) is 9.90. The van der Waals surface area contributed by atoms with E-state index in [9.17, 15) is 14.4 Å². The number of nitrogens with zero attached hydrogens (tertiary/aromatic N) is 1. The normalized spacial score (nSPS) is 13.8. The number of carbonyl (C=O) groups excluding carboxylic acids is 3. The van der Waals surface area contributed by atoms with E-state index in [1.165, 1.54) is 0 Å². The van der Waals surface area contributed by atoms with E-state index in [4.69, 9.17) is 16.3 Å². The van der Waals surface area contributed by atoms with Gasteiger partial charge >= 0.3 is 5.97 Å². The lowest BCUT2D eigenvalue weighted by atomic mass is 9.86. The van der Waals surface area contributed by atoms with Crippen LogP contribution in [-0.2, 0) is 21.4 Å². The zero-order valence-electron chi connectivity index (χ0n) is 20.4. The van der Waals surface area contributed by atoms with Crippen LogP contribution in [-0.4, -0.2) is 29.2 Å². The van der Waals surface area contributed by atoms with Gasteiger partial charge in [0, 0.05) is 17.8 Å². The van der Waals surface area contributed by atoms with E-state index >= 15 is 0 Å². The highest BCUT2D eigenvalue weighted by molar-refractivity contribution is 6.48. The molecule has 1 heterocycles. The Labute approximate surface area is 215 Å². The maximum Gasteiger partial charge on any atom is 0.343 e. The number of amides is 2. The molecule has 4 rings (SSSR count). The zero-order valence-corrected chi connectivity index (χ0v) is 21.1. The molecule has 7 heteroatoms. The number of imide groups is 1. The van der Waals surface area contributed by atoms with Gasteiger partial charge in [-0.2, -0.15) is 0 Å². The van der Waals surface area contributed by atoms with Gasteiger partial charge in [-0.15, -0.1) is 0 Å². The summed E-state index contributed by atoms with van der Waals surface area (Å²) < 4.78 is 5.66. The second kappa shape index (κ2) is 10.4.